The molecule has 0 saturated heterocycles. The van der Waals surface area contributed by atoms with Crippen molar-refractivity contribution in [3.05, 3.63) is 22.3 Å². The Bertz CT molecular complexity index is 433. The molecule has 5 nitrogen and oxygen atoms in total. The van der Waals surface area contributed by atoms with Crippen molar-refractivity contribution in [3.8, 4) is 0 Å². The van der Waals surface area contributed by atoms with E-state index in [1.807, 2.05) is 0 Å². The van der Waals surface area contributed by atoms with E-state index in [2.05, 4.69) is 30.4 Å². The van der Waals surface area contributed by atoms with Crippen molar-refractivity contribution >= 4 is 32.0 Å². The smallest absolute Gasteiger partial charge is 0.254 e. The van der Waals surface area contributed by atoms with Crippen LogP contribution in [0.3, 0.4) is 0 Å². The van der Waals surface area contributed by atoms with Gasteiger partial charge in [0.05, 0.1) is 0 Å². The van der Waals surface area contributed by atoms with Gasteiger partial charge in [-0.1, -0.05) is 0 Å². The number of hydrogen-bond donors (Lipinski definition) is 2. The Balaban J connectivity index is 2.99. The molecule has 1 heterocycles. The van der Waals surface area contributed by atoms with Gasteiger partial charge in [-0.25, -0.2) is 9.71 Å². The second kappa shape index (κ2) is 4.24. The second-order valence-electron chi connectivity index (χ2n) is 2.63. The zero-order chi connectivity index (χ0) is 10.8. The normalized spacial score (nSPS) is 11.4. The molecule has 0 aliphatic carbocycles. The Kier molecular flexibility index (Phi) is 3.46. The minimum atomic E-state index is -3.49. The summed E-state index contributed by atoms with van der Waals surface area (Å²) in [6.45, 7) is 1.77. The van der Waals surface area contributed by atoms with E-state index in [4.69, 9.17) is 0 Å². The fourth-order valence-electron chi connectivity index (χ4n) is 0.826. The highest BCUT2D eigenvalue weighted by Gasteiger charge is 2.09. The molecule has 78 valence electrons. The topological polar surface area (TPSA) is 71.1 Å². The highest BCUT2D eigenvalue weighted by atomic mass is 79.9. The van der Waals surface area contributed by atoms with Crippen molar-refractivity contribution in [3.63, 3.8) is 0 Å². The molecule has 0 bridgehead atoms. The van der Waals surface area contributed by atoms with Crippen molar-refractivity contribution < 1.29 is 8.42 Å². The van der Waals surface area contributed by atoms with Gasteiger partial charge < -0.3 is 0 Å². The van der Waals surface area contributed by atoms with E-state index in [-0.39, 0.29) is 0 Å². The average molecular weight is 280 g/mol. The van der Waals surface area contributed by atoms with E-state index >= 15 is 0 Å². The summed E-state index contributed by atoms with van der Waals surface area (Å²) in [7, 11) is -2.16. The summed E-state index contributed by atoms with van der Waals surface area (Å²) in [5.41, 5.74) is 0.748. The van der Waals surface area contributed by atoms with Crippen LogP contribution in [0.1, 0.15) is 5.56 Å². The van der Waals surface area contributed by atoms with E-state index in [1.165, 1.54) is 13.2 Å². The molecular weight excluding hydrogens is 270 g/mol. The molecule has 0 aromatic carbocycles. The summed E-state index contributed by atoms with van der Waals surface area (Å²) in [6, 6.07) is 1.78. The zero-order valence-corrected chi connectivity index (χ0v) is 10.1. The lowest BCUT2D eigenvalue weighted by Gasteiger charge is -2.07. The summed E-state index contributed by atoms with van der Waals surface area (Å²) >= 11 is 3.24. The van der Waals surface area contributed by atoms with Crippen LogP contribution in [-0.4, -0.2) is 20.4 Å². The molecule has 0 aliphatic rings. The molecule has 1 aromatic heterocycles. The summed E-state index contributed by atoms with van der Waals surface area (Å²) in [4.78, 5) is 3.93. The Morgan fingerprint density at radius 3 is 2.64 bits per heavy atom. The van der Waals surface area contributed by atoms with Crippen LogP contribution in [0.5, 0.6) is 0 Å². The number of nitrogens with zero attached hydrogens (tertiary/aromatic N) is 1. The first-order valence-electron chi connectivity index (χ1n) is 3.78. The van der Waals surface area contributed by atoms with Gasteiger partial charge in [0.2, 0.25) is 0 Å². The van der Waals surface area contributed by atoms with Crippen LogP contribution in [0.2, 0.25) is 0 Å². The molecule has 14 heavy (non-hydrogen) atoms. The summed E-state index contributed by atoms with van der Waals surface area (Å²) in [6.07, 6.45) is 1.53. The number of anilines is 1. The second-order valence-corrected chi connectivity index (χ2v) is 5.16. The Morgan fingerprint density at radius 1 is 1.50 bits per heavy atom. The lowest BCUT2D eigenvalue weighted by molar-refractivity contribution is 0.593. The Hall–Kier alpha value is -0.660. The van der Waals surface area contributed by atoms with Gasteiger partial charge in [-0.15, -0.1) is 0 Å². The van der Waals surface area contributed by atoms with Crippen molar-refractivity contribution in [2.24, 2.45) is 0 Å². The maximum absolute atomic E-state index is 11.1. The van der Waals surface area contributed by atoms with E-state index in [0.717, 1.165) is 10.0 Å². The third-order valence-electron chi connectivity index (χ3n) is 1.54. The molecule has 0 aliphatic heterocycles. The summed E-state index contributed by atoms with van der Waals surface area (Å²) in [5.74, 6) is 0.322. The van der Waals surface area contributed by atoms with E-state index < -0.39 is 10.2 Å². The first-order chi connectivity index (χ1) is 6.44. The predicted molar refractivity (Wildman–Crippen MR) is 58.3 cm³/mol. The van der Waals surface area contributed by atoms with Gasteiger partial charge in [0.25, 0.3) is 10.2 Å². The van der Waals surface area contributed by atoms with Crippen LogP contribution < -0.4 is 9.44 Å². The van der Waals surface area contributed by atoms with Crippen molar-refractivity contribution in [2.75, 3.05) is 11.8 Å². The molecule has 0 atom stereocenters. The monoisotopic (exact) mass is 279 g/mol. The lowest BCUT2D eigenvalue weighted by atomic mass is 10.3. The third kappa shape index (κ3) is 2.93. The van der Waals surface area contributed by atoms with Gasteiger partial charge in [-0.05, 0) is 34.5 Å². The van der Waals surface area contributed by atoms with Crippen LogP contribution in [0.4, 0.5) is 5.82 Å². The van der Waals surface area contributed by atoms with Gasteiger partial charge in [0.1, 0.15) is 5.82 Å². The Morgan fingerprint density at radius 2 is 2.14 bits per heavy atom. The number of hydrogen-bond acceptors (Lipinski definition) is 3. The van der Waals surface area contributed by atoms with Gasteiger partial charge >= 0.3 is 0 Å². The molecule has 0 saturated carbocycles. The number of pyridine rings is 1. The van der Waals surface area contributed by atoms with E-state index in [9.17, 15) is 8.42 Å². The minimum Gasteiger partial charge on any atom is -0.254 e. The molecule has 2 N–H and O–H groups in total. The number of aromatic nitrogens is 1. The van der Waals surface area contributed by atoms with Crippen LogP contribution in [-0.2, 0) is 10.2 Å². The van der Waals surface area contributed by atoms with E-state index in [1.54, 1.807) is 13.0 Å². The third-order valence-corrected chi connectivity index (χ3v) is 2.98. The molecule has 0 amide bonds. The van der Waals surface area contributed by atoms with Crippen LogP contribution in [0.15, 0.2) is 16.7 Å². The first kappa shape index (κ1) is 11.4. The average Bonchev–Trinajstić information content (AvgIpc) is 2.10. The van der Waals surface area contributed by atoms with Crippen molar-refractivity contribution in [1.29, 1.82) is 0 Å². The molecule has 7 heteroatoms. The fraction of sp³-hybridized carbons (Fsp3) is 0.286. The SMILES string of the molecule is CNS(=O)(=O)Nc1ncc(Br)cc1C. The largest absolute Gasteiger partial charge is 0.300 e. The number of aryl methyl sites for hydroxylation is 1. The zero-order valence-electron chi connectivity index (χ0n) is 7.70. The predicted octanol–water partition coefficient (Wildman–Crippen LogP) is 1.03. The number of rotatable bonds is 3. The molecular formula is C7H10BrN3O2S. The Labute approximate surface area is 91.2 Å². The van der Waals surface area contributed by atoms with Crippen molar-refractivity contribution in [1.82, 2.24) is 9.71 Å². The summed E-state index contributed by atoms with van der Waals surface area (Å²) < 4.78 is 27.5. The fourth-order valence-corrected chi connectivity index (χ4v) is 1.84. The van der Waals surface area contributed by atoms with Gasteiger partial charge in [-0.3, -0.25) is 4.72 Å². The highest BCUT2D eigenvalue weighted by molar-refractivity contribution is 9.10. The quantitative estimate of drug-likeness (QED) is 0.868. The van der Waals surface area contributed by atoms with Crippen molar-refractivity contribution in [2.45, 2.75) is 6.92 Å². The van der Waals surface area contributed by atoms with Gasteiger partial charge in [-0.2, -0.15) is 8.42 Å². The number of halogens is 1. The number of nitrogens with one attached hydrogen (secondary N) is 2. The van der Waals surface area contributed by atoms with Crippen LogP contribution in [0.25, 0.3) is 0 Å². The molecule has 0 spiro atoms. The first-order valence-corrected chi connectivity index (χ1v) is 6.05. The maximum atomic E-state index is 11.1. The lowest BCUT2D eigenvalue weighted by Crippen LogP contribution is -2.27. The van der Waals surface area contributed by atoms with Gasteiger partial charge in [0.15, 0.2) is 0 Å². The van der Waals surface area contributed by atoms with Gasteiger partial charge in [0, 0.05) is 17.7 Å². The standard InChI is InChI=1S/C7H10BrN3O2S/c1-5-3-6(8)4-10-7(5)11-14(12,13)9-2/h3-4,9H,1-2H3,(H,10,11). The minimum absolute atomic E-state index is 0.322. The molecule has 1 aromatic rings. The summed E-state index contributed by atoms with van der Waals surface area (Å²) in [5, 5.41) is 0. The van der Waals surface area contributed by atoms with Crippen LogP contribution in [0, 0.1) is 6.92 Å². The molecule has 0 unspecified atom stereocenters. The highest BCUT2D eigenvalue weighted by Crippen LogP contribution is 2.17. The molecule has 0 radical (unpaired) electrons. The molecule has 1 rings (SSSR count). The van der Waals surface area contributed by atoms with E-state index in [0.29, 0.717) is 5.82 Å². The molecule has 0 fully saturated rings. The maximum Gasteiger partial charge on any atom is 0.300 e. The van der Waals surface area contributed by atoms with Crippen LogP contribution >= 0.6 is 15.9 Å².